The van der Waals surface area contributed by atoms with E-state index >= 15 is 0 Å². The molecule has 1 saturated heterocycles. The molecule has 0 bridgehead atoms. The van der Waals surface area contributed by atoms with Crippen LogP contribution in [0.5, 0.6) is 0 Å². The summed E-state index contributed by atoms with van der Waals surface area (Å²) < 4.78 is 44.4. The second-order valence-electron chi connectivity index (χ2n) is 8.76. The Hall–Kier alpha value is -3.66. The van der Waals surface area contributed by atoms with E-state index in [1.165, 1.54) is 30.3 Å². The number of hydrogen-bond donors (Lipinski definition) is 0. The highest BCUT2D eigenvalue weighted by atomic mass is 32.2. The van der Waals surface area contributed by atoms with Crippen LogP contribution in [0.2, 0.25) is 0 Å². The van der Waals surface area contributed by atoms with Crippen molar-refractivity contribution in [1.82, 2.24) is 19.4 Å². The van der Waals surface area contributed by atoms with Crippen LogP contribution in [0.1, 0.15) is 17.8 Å². The molecule has 0 unspecified atom stereocenters. The first kappa shape index (κ1) is 25.0. The number of halogens is 3. The number of nitrogens with zero attached hydrogens (tertiary/aromatic N) is 4. The van der Waals surface area contributed by atoms with Gasteiger partial charge in [0, 0.05) is 54.5 Å². The molecular formula is C27H23F3N4O2S. The van der Waals surface area contributed by atoms with Crippen molar-refractivity contribution in [3.8, 4) is 16.9 Å². The maximum Gasteiger partial charge on any atom is 0.256 e. The lowest BCUT2D eigenvalue weighted by Crippen LogP contribution is -2.38. The molecule has 0 saturated carbocycles. The van der Waals surface area contributed by atoms with E-state index in [2.05, 4.69) is 9.97 Å². The SMILES string of the molecule is Cc1cc(F)ccc1-c1nc(CCC(=O)N2CCSCC2)nc2c1ccc(=O)n2-c1c(F)cccc1F. The van der Waals surface area contributed by atoms with Crippen LogP contribution >= 0.6 is 11.8 Å². The fourth-order valence-corrected chi connectivity index (χ4v) is 5.38. The Labute approximate surface area is 215 Å². The first-order chi connectivity index (χ1) is 17.8. The predicted molar refractivity (Wildman–Crippen MR) is 137 cm³/mol. The standard InChI is InChI=1S/C27H23F3N4O2S/c1-16-15-17(28)5-6-18(16)25-19-7-9-24(36)34(26-20(29)3-2-4-21(26)30)27(19)32-22(31-25)8-10-23(35)33-11-13-37-14-12-33/h2-7,9,15H,8,10-14H2,1H3. The van der Waals surface area contributed by atoms with Gasteiger partial charge in [-0.15, -0.1) is 0 Å². The van der Waals surface area contributed by atoms with E-state index in [1.807, 2.05) is 0 Å². The van der Waals surface area contributed by atoms with Crippen molar-refractivity contribution in [2.24, 2.45) is 0 Å². The predicted octanol–water partition coefficient (Wildman–Crippen LogP) is 4.68. The molecule has 37 heavy (non-hydrogen) atoms. The average molecular weight is 525 g/mol. The summed E-state index contributed by atoms with van der Waals surface area (Å²) in [5.74, 6) is -0.300. The van der Waals surface area contributed by atoms with Gasteiger partial charge in [-0.05, 0) is 48.9 Å². The summed E-state index contributed by atoms with van der Waals surface area (Å²) in [5, 5.41) is 0.361. The van der Waals surface area contributed by atoms with Crippen molar-refractivity contribution in [3.63, 3.8) is 0 Å². The summed E-state index contributed by atoms with van der Waals surface area (Å²) in [5.41, 5.74) is 0.319. The van der Waals surface area contributed by atoms with E-state index in [9.17, 15) is 22.8 Å². The number of fused-ring (bicyclic) bond motifs is 1. The molecule has 2 aromatic heterocycles. The monoisotopic (exact) mass is 524 g/mol. The number of benzene rings is 2. The number of aryl methyl sites for hydroxylation is 2. The Balaban J connectivity index is 1.69. The Kier molecular flexibility index (Phi) is 7.01. The van der Waals surface area contributed by atoms with Crippen LogP contribution in [-0.4, -0.2) is 49.9 Å². The Bertz CT molecular complexity index is 1550. The van der Waals surface area contributed by atoms with Gasteiger partial charge < -0.3 is 4.90 Å². The highest BCUT2D eigenvalue weighted by Gasteiger charge is 2.22. The molecular weight excluding hydrogens is 501 g/mol. The first-order valence-electron chi connectivity index (χ1n) is 11.8. The third-order valence-corrected chi connectivity index (χ3v) is 7.27. The van der Waals surface area contributed by atoms with Gasteiger partial charge in [0.15, 0.2) is 5.65 Å². The van der Waals surface area contributed by atoms with Gasteiger partial charge in [-0.1, -0.05) is 6.07 Å². The zero-order valence-electron chi connectivity index (χ0n) is 20.0. The molecule has 1 amide bonds. The lowest BCUT2D eigenvalue weighted by Gasteiger charge is -2.26. The number of carbonyl (C=O) groups excluding carboxylic acids is 1. The molecule has 1 fully saturated rings. The van der Waals surface area contributed by atoms with E-state index < -0.39 is 28.7 Å². The van der Waals surface area contributed by atoms with Crippen molar-refractivity contribution in [2.45, 2.75) is 19.8 Å². The number of aromatic nitrogens is 3. The zero-order chi connectivity index (χ0) is 26.1. The van der Waals surface area contributed by atoms with Gasteiger partial charge in [0.2, 0.25) is 5.91 Å². The molecule has 0 spiro atoms. The third kappa shape index (κ3) is 4.98. The summed E-state index contributed by atoms with van der Waals surface area (Å²) in [6, 6.07) is 10.2. The first-order valence-corrected chi connectivity index (χ1v) is 13.0. The van der Waals surface area contributed by atoms with Crippen LogP contribution in [0.25, 0.3) is 28.0 Å². The van der Waals surface area contributed by atoms with Gasteiger partial charge in [-0.3, -0.25) is 14.2 Å². The van der Waals surface area contributed by atoms with Gasteiger partial charge in [0.05, 0.1) is 5.69 Å². The van der Waals surface area contributed by atoms with Crippen molar-refractivity contribution in [2.75, 3.05) is 24.6 Å². The lowest BCUT2D eigenvalue weighted by atomic mass is 10.0. The molecule has 10 heteroatoms. The fraction of sp³-hybridized carbons (Fsp3) is 0.259. The van der Waals surface area contributed by atoms with Crippen molar-refractivity contribution in [3.05, 3.63) is 87.7 Å². The number of amides is 1. The minimum absolute atomic E-state index is 0.00189. The molecule has 6 nitrogen and oxygen atoms in total. The quantitative estimate of drug-likeness (QED) is 0.379. The highest BCUT2D eigenvalue weighted by molar-refractivity contribution is 7.99. The fourth-order valence-electron chi connectivity index (χ4n) is 4.48. The van der Waals surface area contributed by atoms with Gasteiger partial charge >= 0.3 is 0 Å². The molecule has 1 aliphatic rings. The summed E-state index contributed by atoms with van der Waals surface area (Å²) in [7, 11) is 0. The number of carbonyl (C=O) groups is 1. The molecule has 3 heterocycles. The largest absolute Gasteiger partial charge is 0.341 e. The van der Waals surface area contributed by atoms with Crippen LogP contribution in [0.3, 0.4) is 0 Å². The van der Waals surface area contributed by atoms with Crippen LogP contribution in [-0.2, 0) is 11.2 Å². The maximum atomic E-state index is 14.8. The molecule has 5 rings (SSSR count). The Morgan fingerprint density at radius 1 is 1.00 bits per heavy atom. The molecule has 190 valence electrons. The van der Waals surface area contributed by atoms with Crippen molar-refractivity contribution >= 4 is 28.7 Å². The topological polar surface area (TPSA) is 68.1 Å². The van der Waals surface area contributed by atoms with E-state index in [0.717, 1.165) is 28.2 Å². The number of rotatable bonds is 5. The minimum atomic E-state index is -0.924. The van der Waals surface area contributed by atoms with Crippen LogP contribution in [0.15, 0.2) is 53.3 Å². The normalized spacial score (nSPS) is 13.8. The van der Waals surface area contributed by atoms with Crippen molar-refractivity contribution < 1.29 is 18.0 Å². The van der Waals surface area contributed by atoms with Gasteiger partial charge in [0.1, 0.15) is 29.0 Å². The second-order valence-corrected chi connectivity index (χ2v) is 9.98. The molecule has 0 atom stereocenters. The highest BCUT2D eigenvalue weighted by Crippen LogP contribution is 2.30. The van der Waals surface area contributed by atoms with Gasteiger partial charge in [-0.25, -0.2) is 23.1 Å². The van der Waals surface area contributed by atoms with Crippen LogP contribution in [0, 0.1) is 24.4 Å². The van der Waals surface area contributed by atoms with Crippen LogP contribution < -0.4 is 5.56 Å². The van der Waals surface area contributed by atoms with E-state index in [0.29, 0.717) is 35.3 Å². The minimum Gasteiger partial charge on any atom is -0.341 e. The van der Waals surface area contributed by atoms with Crippen LogP contribution in [0.4, 0.5) is 13.2 Å². The molecule has 2 aromatic carbocycles. The summed E-state index contributed by atoms with van der Waals surface area (Å²) in [4.78, 5) is 36.7. The number of thioether (sulfide) groups is 1. The summed E-state index contributed by atoms with van der Waals surface area (Å²) >= 11 is 1.80. The average Bonchev–Trinajstić information content (AvgIpc) is 2.88. The lowest BCUT2D eigenvalue weighted by molar-refractivity contribution is -0.130. The third-order valence-electron chi connectivity index (χ3n) is 6.33. The summed E-state index contributed by atoms with van der Waals surface area (Å²) in [6.45, 7) is 3.07. The van der Waals surface area contributed by atoms with Crippen molar-refractivity contribution in [1.29, 1.82) is 0 Å². The molecule has 4 aromatic rings. The molecule has 0 N–H and O–H groups in total. The smallest absolute Gasteiger partial charge is 0.256 e. The molecule has 0 aliphatic carbocycles. The van der Waals surface area contributed by atoms with E-state index in [4.69, 9.17) is 0 Å². The number of pyridine rings is 1. The summed E-state index contributed by atoms with van der Waals surface area (Å²) in [6.07, 6.45) is 0.303. The number of hydrogen-bond acceptors (Lipinski definition) is 5. The van der Waals surface area contributed by atoms with E-state index in [-0.39, 0.29) is 30.2 Å². The zero-order valence-corrected chi connectivity index (χ0v) is 20.8. The van der Waals surface area contributed by atoms with Gasteiger partial charge in [-0.2, -0.15) is 11.8 Å². The molecule has 0 radical (unpaired) electrons. The second kappa shape index (κ2) is 10.4. The Morgan fingerprint density at radius 2 is 1.73 bits per heavy atom. The number of para-hydroxylation sites is 1. The Morgan fingerprint density at radius 3 is 2.43 bits per heavy atom. The van der Waals surface area contributed by atoms with Gasteiger partial charge in [0.25, 0.3) is 5.56 Å². The van der Waals surface area contributed by atoms with E-state index in [1.54, 1.807) is 29.7 Å². The maximum absolute atomic E-state index is 14.8. The molecule has 1 aliphatic heterocycles.